The summed E-state index contributed by atoms with van der Waals surface area (Å²) in [6, 6.07) is 14.4. The van der Waals surface area contributed by atoms with E-state index in [0.717, 1.165) is 85.8 Å². The van der Waals surface area contributed by atoms with Crippen molar-refractivity contribution in [3.05, 3.63) is 89.9 Å². The number of carbonyl (C=O) groups excluding carboxylic acids is 5. The third-order valence-electron chi connectivity index (χ3n) is 8.45. The zero-order chi connectivity index (χ0) is 65.5. The molecule has 3 atom stereocenters. The van der Waals surface area contributed by atoms with Crippen LogP contribution in [-0.4, -0.2) is 131 Å². The zero-order valence-corrected chi connectivity index (χ0v) is 62.8. The van der Waals surface area contributed by atoms with E-state index in [4.69, 9.17) is 46.8 Å². The van der Waals surface area contributed by atoms with Crippen LogP contribution in [0.5, 0.6) is 28.7 Å². The third kappa shape index (κ3) is 35.5. The van der Waals surface area contributed by atoms with E-state index in [2.05, 4.69) is 49.3 Å². The summed E-state index contributed by atoms with van der Waals surface area (Å²) in [5.74, 6) is -3.26. The van der Waals surface area contributed by atoms with E-state index in [1.807, 2.05) is 0 Å². The number of anilines is 2. The molecule has 53 heteroatoms. The first-order valence-corrected chi connectivity index (χ1v) is 29.6. The fraction of sp³-hybridized carbons (Fsp3) is 0.0526. The minimum atomic E-state index is -5.09. The van der Waals surface area contributed by atoms with E-state index in [1.54, 1.807) is 0 Å². The van der Waals surface area contributed by atoms with Crippen LogP contribution in [-0.2, 0) is 114 Å². The fourth-order valence-corrected chi connectivity index (χ4v) is 8.84. The Morgan fingerprint density at radius 1 is 0.659 bits per heavy atom. The van der Waals surface area contributed by atoms with Gasteiger partial charge in [0.2, 0.25) is 17.2 Å². The average molecular weight is 1480 g/mol. The number of diazo groups is 1. The van der Waals surface area contributed by atoms with Crippen LogP contribution in [0.25, 0.3) is 26.5 Å². The SMILES string of the molecule is CC(=O)Nc1cc(S(=O)(=O)O)cc2cc(OS(=O)[O-])cc(O)c12.CC(=O)Nc1cc(S(=O)(=O)[O-])cc2c[c-]c(N=Nc3cc(OS(=O)[O-])ccc3S(=O)(=O)[O-])c(O)c12.N#[N+]c1cc(OS(=O)O)ccc1S(=O)(=O)[O-].O.O=C=O.O=CO[O-].O=S(=O)=O.[Na+].[Na+].[Na+].[Na+].[Na+]. The van der Waals surface area contributed by atoms with Gasteiger partial charge in [0.05, 0.1) is 21.5 Å². The molecular formula is C38H28N6Na5O34S8-. The Balaban J connectivity index is -0.000000280. The molecule has 91 heavy (non-hydrogen) atoms. The second kappa shape index (κ2) is 45.5. The Morgan fingerprint density at radius 2 is 1.09 bits per heavy atom. The molecule has 0 bridgehead atoms. The molecule has 6 aromatic carbocycles. The van der Waals surface area contributed by atoms with E-state index in [1.165, 1.54) is 6.92 Å². The largest absolute Gasteiger partial charge is 1.00 e. The summed E-state index contributed by atoms with van der Waals surface area (Å²) in [5.41, 5.74) is -1.99. The molecule has 0 fully saturated rings. The van der Waals surface area contributed by atoms with Gasteiger partial charge in [-0.15, -0.1) is 18.0 Å². The fourth-order valence-electron chi connectivity index (χ4n) is 5.80. The summed E-state index contributed by atoms with van der Waals surface area (Å²) < 4.78 is 232. The Labute approximate surface area is 630 Å². The van der Waals surface area contributed by atoms with Gasteiger partial charge in [0.25, 0.3) is 16.6 Å². The van der Waals surface area contributed by atoms with Gasteiger partial charge in [0.15, 0.2) is 10.7 Å². The molecule has 40 nitrogen and oxygen atoms in total. The number of aromatic hydroxyl groups is 2. The summed E-state index contributed by atoms with van der Waals surface area (Å²) in [5, 5.41) is 49.3. The monoisotopic (exact) mass is 1480 g/mol. The summed E-state index contributed by atoms with van der Waals surface area (Å²) in [6.07, 6.45) is 0.250. The van der Waals surface area contributed by atoms with Gasteiger partial charge in [-0.3, -0.25) is 23.5 Å². The number of phenols is 2. The van der Waals surface area contributed by atoms with Gasteiger partial charge in [0, 0.05) is 53.4 Å². The molecule has 3 unspecified atom stereocenters. The zero-order valence-electron chi connectivity index (χ0n) is 46.3. The Hall–Kier alpha value is -3.84. The molecule has 0 aromatic heterocycles. The van der Waals surface area contributed by atoms with Crippen LogP contribution in [0.3, 0.4) is 0 Å². The Kier molecular flexibility index (Phi) is 49.1. The molecule has 0 radical (unpaired) electrons. The normalized spacial score (nSPS) is 11.1. The first-order chi connectivity index (χ1) is 39.1. The molecule has 0 aliphatic rings. The maximum Gasteiger partial charge on any atom is 1.00 e. The van der Waals surface area contributed by atoms with Crippen molar-refractivity contribution >= 4 is 160 Å². The Bertz CT molecular complexity index is 4330. The number of nitrogens with zero attached hydrogens (tertiary/aromatic N) is 4. The maximum atomic E-state index is 11.6. The van der Waals surface area contributed by atoms with Gasteiger partial charge in [0.1, 0.15) is 80.9 Å². The summed E-state index contributed by atoms with van der Waals surface area (Å²) in [6.45, 7) is 2.08. The van der Waals surface area contributed by atoms with E-state index in [9.17, 15) is 88.9 Å². The van der Waals surface area contributed by atoms with Crippen molar-refractivity contribution < 1.29 is 301 Å². The Morgan fingerprint density at radius 3 is 1.49 bits per heavy atom. The number of rotatable bonds is 15. The number of phenolic OH excluding ortho intramolecular Hbond substituents is 2. The van der Waals surface area contributed by atoms with Crippen molar-refractivity contribution in [2.24, 2.45) is 10.2 Å². The number of carbonyl (C=O) groups is 3. The van der Waals surface area contributed by atoms with E-state index in [0.29, 0.717) is 0 Å². The number of benzene rings is 6. The molecule has 2 amide bonds. The maximum absolute atomic E-state index is 11.6. The third-order valence-corrected chi connectivity index (χ3v) is 12.9. The van der Waals surface area contributed by atoms with Crippen LogP contribution in [0, 0.1) is 11.5 Å². The van der Waals surface area contributed by atoms with Gasteiger partial charge < -0.3 is 71.8 Å². The minimum Gasteiger partial charge on any atom is -0.744 e. The van der Waals surface area contributed by atoms with Crippen molar-refractivity contribution in [3.8, 4) is 28.7 Å². The van der Waals surface area contributed by atoms with Crippen LogP contribution in [0.1, 0.15) is 13.8 Å². The van der Waals surface area contributed by atoms with Crippen LogP contribution in [0.15, 0.2) is 109 Å². The molecule has 0 spiro atoms. The molecule has 0 aliphatic heterocycles. The van der Waals surface area contributed by atoms with Crippen molar-refractivity contribution in [1.82, 2.24) is 0 Å². The molecule has 0 aliphatic carbocycles. The van der Waals surface area contributed by atoms with Crippen LogP contribution in [0.4, 0.5) is 28.4 Å². The molecule has 0 heterocycles. The number of hydrogen-bond donors (Lipinski definition) is 6. The molecular weight excluding hydrogens is 1460 g/mol. The first-order valence-electron chi connectivity index (χ1n) is 20.0. The van der Waals surface area contributed by atoms with E-state index < -0.39 is 151 Å². The topological polar surface area (TPSA) is 689 Å². The van der Waals surface area contributed by atoms with Gasteiger partial charge >= 0.3 is 182 Å². The van der Waals surface area contributed by atoms with E-state index in [-0.39, 0.29) is 210 Å². The van der Waals surface area contributed by atoms with E-state index >= 15 is 0 Å². The molecule has 8 N–H and O–H groups in total. The predicted molar refractivity (Wildman–Crippen MR) is 270 cm³/mol. The van der Waals surface area contributed by atoms with Crippen molar-refractivity contribution in [3.63, 3.8) is 0 Å². The van der Waals surface area contributed by atoms with Crippen LogP contribution in [0.2, 0.25) is 0 Å². The molecule has 468 valence electrons. The molecule has 6 aromatic rings. The second-order valence-electron chi connectivity index (χ2n) is 14.0. The number of hydrogen-bond acceptors (Lipinski definition) is 34. The number of amides is 2. The van der Waals surface area contributed by atoms with Gasteiger partial charge in [-0.05, 0) is 53.9 Å². The van der Waals surface area contributed by atoms with Crippen LogP contribution < -0.4 is 176 Å². The smallest absolute Gasteiger partial charge is 0.744 e. The summed E-state index contributed by atoms with van der Waals surface area (Å²) >= 11 is -8.53. The van der Waals surface area contributed by atoms with Gasteiger partial charge in [-0.1, -0.05) is 11.5 Å². The molecule has 0 saturated heterocycles. The summed E-state index contributed by atoms with van der Waals surface area (Å²) in [4.78, 5) is 50.0. The van der Waals surface area contributed by atoms with Crippen molar-refractivity contribution in [2.75, 3.05) is 10.6 Å². The van der Waals surface area contributed by atoms with Crippen molar-refractivity contribution in [2.45, 2.75) is 33.4 Å². The quantitative estimate of drug-likeness (QED) is 0.00640. The van der Waals surface area contributed by atoms with Crippen molar-refractivity contribution in [1.29, 1.82) is 5.39 Å². The standard InChI is InChI=1S/C18H14N3O11S3.C12H11NO8S2.C6H4N2O6S2.CH2O3.CO2.5Na.O3S.H2O/c1-9(22)19-15-8-12(34(26,27)28)6-10-2-4-13(18(23)17(10)15)20-21-14-7-11(32-33(24)25)3-5-16(14)35(29,30)31;1-6(14)13-10-5-9(23(18,19)20)3-7-2-8(21-22(16)17)4-11(15)12(7)10;7-8-5-3-4(14-15(9)10)1-2-6(5)16(11,12)13;2-1-4-3;2-1-3;;;;;;1-4(2)3;/h2-3,5-8,23H,1H3,(H,19,22)(H,24,25)(H,26,27,28)(H,29,30,31);2-5,15H,1H3,(H,13,14)(H,16,17)(H,18,19,20);1-3H,(H-,9,10,11,12,13);1,3H;;;;;;;;1H2/q-1;;;;;5*+1;;/p-5. The predicted octanol–water partition coefficient (Wildman–Crippen LogP) is -15.7. The minimum absolute atomic E-state index is 0. The number of fused-ring (bicyclic) bond motifs is 2. The first kappa shape index (κ1) is 98.2. The number of azo groups is 1. The molecule has 6 rings (SSSR count). The summed E-state index contributed by atoms with van der Waals surface area (Å²) in [7, 11) is -22.5. The average Bonchev–Trinajstić information content (AvgIpc) is 0.817. The second-order valence-corrected chi connectivity index (χ2v) is 21.7. The van der Waals surface area contributed by atoms with Crippen LogP contribution >= 0.6 is 0 Å². The number of nitrogens with one attached hydrogen (secondary N) is 2. The molecule has 0 saturated carbocycles. The van der Waals surface area contributed by atoms with Gasteiger partial charge in [-0.2, -0.15) is 44.6 Å². The van der Waals surface area contributed by atoms with Gasteiger partial charge in [-0.25, -0.2) is 33.7 Å².